The van der Waals surface area contributed by atoms with Gasteiger partial charge in [-0.05, 0) is 44.4 Å². The van der Waals surface area contributed by atoms with E-state index in [0.717, 1.165) is 5.56 Å². The second kappa shape index (κ2) is 6.24. The summed E-state index contributed by atoms with van der Waals surface area (Å²) in [6.45, 7) is 8.00. The molecule has 1 aromatic rings. The van der Waals surface area contributed by atoms with E-state index in [1.807, 2.05) is 39.8 Å². The molecule has 0 saturated heterocycles. The molecule has 4 heteroatoms. The maximum absolute atomic E-state index is 11.5. The number of hydrogen-bond acceptors (Lipinski definition) is 3. The molecular weight excluding hydrogens is 240 g/mol. The quantitative estimate of drug-likeness (QED) is 0.907. The summed E-state index contributed by atoms with van der Waals surface area (Å²) in [5, 5.41) is 11.5. The molecule has 0 bridgehead atoms. The summed E-state index contributed by atoms with van der Waals surface area (Å²) in [6, 6.07) is 9.44. The van der Waals surface area contributed by atoms with E-state index in [1.54, 1.807) is 12.1 Å². The van der Waals surface area contributed by atoms with E-state index in [4.69, 9.17) is 10.00 Å². The summed E-state index contributed by atoms with van der Waals surface area (Å²) in [4.78, 5) is 11.5. The van der Waals surface area contributed by atoms with Gasteiger partial charge in [0, 0.05) is 6.54 Å². The number of nitriles is 1. The van der Waals surface area contributed by atoms with Crippen molar-refractivity contribution in [2.75, 3.05) is 6.54 Å². The van der Waals surface area contributed by atoms with Crippen LogP contribution in [-0.2, 0) is 4.74 Å². The van der Waals surface area contributed by atoms with E-state index in [0.29, 0.717) is 12.1 Å². The first-order valence-electron chi connectivity index (χ1n) is 6.29. The summed E-state index contributed by atoms with van der Waals surface area (Å²) in [7, 11) is 0. The molecule has 0 spiro atoms. The van der Waals surface area contributed by atoms with Crippen LogP contribution in [0.25, 0.3) is 0 Å². The molecule has 0 aliphatic carbocycles. The summed E-state index contributed by atoms with van der Waals surface area (Å²) in [5.74, 6) is 0.167. The van der Waals surface area contributed by atoms with Crippen molar-refractivity contribution in [3.63, 3.8) is 0 Å². The molecule has 0 saturated carbocycles. The average Bonchev–Trinajstić information content (AvgIpc) is 2.34. The molecule has 0 aromatic heterocycles. The fraction of sp³-hybridized carbons (Fsp3) is 0.467. The van der Waals surface area contributed by atoms with Gasteiger partial charge in [0.1, 0.15) is 5.60 Å². The lowest BCUT2D eigenvalue weighted by Gasteiger charge is -2.21. The highest BCUT2D eigenvalue weighted by Gasteiger charge is 2.16. The van der Waals surface area contributed by atoms with Gasteiger partial charge in [0.05, 0.1) is 11.6 Å². The van der Waals surface area contributed by atoms with Crippen LogP contribution in [-0.4, -0.2) is 18.2 Å². The Morgan fingerprint density at radius 1 is 1.37 bits per heavy atom. The molecule has 19 heavy (non-hydrogen) atoms. The zero-order chi connectivity index (χ0) is 14.5. The summed E-state index contributed by atoms with van der Waals surface area (Å²) in [6.07, 6.45) is -0.409. The Kier molecular flexibility index (Phi) is 4.94. The summed E-state index contributed by atoms with van der Waals surface area (Å²) >= 11 is 0. The van der Waals surface area contributed by atoms with Crippen LogP contribution in [0, 0.1) is 11.3 Å². The van der Waals surface area contributed by atoms with E-state index in [1.165, 1.54) is 0 Å². The average molecular weight is 260 g/mol. The number of nitrogens with one attached hydrogen (secondary N) is 1. The van der Waals surface area contributed by atoms with Crippen LogP contribution in [0.5, 0.6) is 0 Å². The van der Waals surface area contributed by atoms with Gasteiger partial charge in [0.25, 0.3) is 0 Å². The topological polar surface area (TPSA) is 62.1 Å². The van der Waals surface area contributed by atoms with E-state index in [2.05, 4.69) is 11.4 Å². The van der Waals surface area contributed by atoms with E-state index in [-0.39, 0.29) is 5.92 Å². The van der Waals surface area contributed by atoms with Crippen LogP contribution in [0.1, 0.15) is 44.7 Å². The van der Waals surface area contributed by atoms with Gasteiger partial charge in [0.15, 0.2) is 0 Å². The van der Waals surface area contributed by atoms with Crippen LogP contribution in [0.2, 0.25) is 0 Å². The maximum Gasteiger partial charge on any atom is 0.407 e. The lowest BCUT2D eigenvalue weighted by Crippen LogP contribution is -2.34. The van der Waals surface area contributed by atoms with Crippen molar-refractivity contribution in [2.45, 2.75) is 39.2 Å². The molecule has 0 heterocycles. The van der Waals surface area contributed by atoms with E-state index < -0.39 is 11.7 Å². The molecule has 0 radical (unpaired) electrons. The molecule has 0 fully saturated rings. The molecule has 0 aliphatic heterocycles. The Bertz CT molecular complexity index is 466. The smallest absolute Gasteiger partial charge is 0.407 e. The van der Waals surface area contributed by atoms with Gasteiger partial charge in [-0.15, -0.1) is 0 Å². The molecule has 1 unspecified atom stereocenters. The second-order valence-corrected chi connectivity index (χ2v) is 5.52. The SMILES string of the molecule is CC(CNC(=O)OC(C)(C)C)c1ccc(C#N)cc1. The molecule has 1 N–H and O–H groups in total. The van der Waals surface area contributed by atoms with Gasteiger partial charge in [-0.1, -0.05) is 19.1 Å². The number of carbonyl (C=O) groups excluding carboxylic acids is 1. The third kappa shape index (κ3) is 5.43. The lowest BCUT2D eigenvalue weighted by atomic mass is 10.0. The lowest BCUT2D eigenvalue weighted by molar-refractivity contribution is 0.0525. The number of hydrogen-bond donors (Lipinski definition) is 1. The number of alkyl carbamates (subject to hydrolysis) is 1. The second-order valence-electron chi connectivity index (χ2n) is 5.52. The van der Waals surface area contributed by atoms with E-state index >= 15 is 0 Å². The van der Waals surface area contributed by atoms with Crippen LogP contribution < -0.4 is 5.32 Å². The van der Waals surface area contributed by atoms with Crippen molar-refractivity contribution in [3.8, 4) is 6.07 Å². The Hall–Kier alpha value is -2.02. The predicted octanol–water partition coefficient (Wildman–Crippen LogP) is 3.19. The highest BCUT2D eigenvalue weighted by molar-refractivity contribution is 5.67. The fourth-order valence-corrected chi connectivity index (χ4v) is 1.55. The number of amides is 1. The molecule has 1 rings (SSSR count). The molecule has 1 atom stereocenters. The summed E-state index contributed by atoms with van der Waals surface area (Å²) < 4.78 is 5.17. The normalized spacial score (nSPS) is 12.4. The monoisotopic (exact) mass is 260 g/mol. The maximum atomic E-state index is 11.5. The Morgan fingerprint density at radius 2 is 1.95 bits per heavy atom. The Morgan fingerprint density at radius 3 is 2.42 bits per heavy atom. The van der Waals surface area contributed by atoms with Crippen molar-refractivity contribution in [1.82, 2.24) is 5.32 Å². The van der Waals surface area contributed by atoms with Crippen molar-refractivity contribution in [3.05, 3.63) is 35.4 Å². The van der Waals surface area contributed by atoms with Gasteiger partial charge in [-0.25, -0.2) is 4.79 Å². The predicted molar refractivity (Wildman–Crippen MR) is 73.8 cm³/mol. The van der Waals surface area contributed by atoms with Gasteiger partial charge < -0.3 is 10.1 Å². The highest BCUT2D eigenvalue weighted by Crippen LogP contribution is 2.15. The van der Waals surface area contributed by atoms with Gasteiger partial charge in [-0.3, -0.25) is 0 Å². The van der Waals surface area contributed by atoms with Crippen molar-refractivity contribution < 1.29 is 9.53 Å². The number of nitrogens with zero attached hydrogens (tertiary/aromatic N) is 1. The molecule has 4 nitrogen and oxygen atoms in total. The van der Waals surface area contributed by atoms with Crippen molar-refractivity contribution >= 4 is 6.09 Å². The number of rotatable bonds is 3. The molecule has 102 valence electrons. The highest BCUT2D eigenvalue weighted by atomic mass is 16.6. The van der Waals surface area contributed by atoms with Crippen LogP contribution in [0.4, 0.5) is 4.79 Å². The van der Waals surface area contributed by atoms with Gasteiger partial charge in [-0.2, -0.15) is 5.26 Å². The molecule has 1 aromatic carbocycles. The standard InChI is InChI=1S/C15H20N2O2/c1-11(10-17-14(18)19-15(2,3)4)13-7-5-12(9-16)6-8-13/h5-8,11H,10H2,1-4H3,(H,17,18). The van der Waals surface area contributed by atoms with Crippen LogP contribution >= 0.6 is 0 Å². The molecule has 1 amide bonds. The molecule has 0 aliphatic rings. The van der Waals surface area contributed by atoms with Gasteiger partial charge in [0.2, 0.25) is 0 Å². The van der Waals surface area contributed by atoms with Crippen molar-refractivity contribution in [2.24, 2.45) is 0 Å². The van der Waals surface area contributed by atoms with Crippen molar-refractivity contribution in [1.29, 1.82) is 5.26 Å². The third-order valence-corrected chi connectivity index (χ3v) is 2.56. The number of ether oxygens (including phenoxy) is 1. The minimum atomic E-state index is -0.484. The number of carbonyl (C=O) groups is 1. The van der Waals surface area contributed by atoms with Gasteiger partial charge >= 0.3 is 6.09 Å². The fourth-order valence-electron chi connectivity index (χ4n) is 1.55. The zero-order valence-electron chi connectivity index (χ0n) is 11.9. The Balaban J connectivity index is 2.49. The van der Waals surface area contributed by atoms with Crippen LogP contribution in [0.15, 0.2) is 24.3 Å². The minimum absolute atomic E-state index is 0.167. The Labute approximate surface area is 114 Å². The first kappa shape index (κ1) is 15.0. The zero-order valence-corrected chi connectivity index (χ0v) is 11.9. The first-order valence-corrected chi connectivity index (χ1v) is 6.29. The number of benzene rings is 1. The largest absolute Gasteiger partial charge is 0.444 e. The third-order valence-electron chi connectivity index (χ3n) is 2.56. The first-order chi connectivity index (χ1) is 8.81. The minimum Gasteiger partial charge on any atom is -0.444 e. The summed E-state index contributed by atoms with van der Waals surface area (Å²) in [5.41, 5.74) is 1.23. The van der Waals surface area contributed by atoms with E-state index in [9.17, 15) is 4.79 Å². The molecular formula is C15H20N2O2. The van der Waals surface area contributed by atoms with Crippen LogP contribution in [0.3, 0.4) is 0 Å².